The monoisotopic (exact) mass is 368 g/mol. The molecule has 142 valence electrons. The summed E-state index contributed by atoms with van der Waals surface area (Å²) in [5.41, 5.74) is 2.65. The summed E-state index contributed by atoms with van der Waals surface area (Å²) in [7, 11) is 0. The first-order valence-electron chi connectivity index (χ1n) is 8.88. The number of nitrogens with zero attached hydrogens (tertiary/aromatic N) is 4. The summed E-state index contributed by atoms with van der Waals surface area (Å²) < 4.78 is 0. The lowest BCUT2D eigenvalue weighted by atomic mass is 9.95. The molecule has 1 aromatic heterocycles. The van der Waals surface area contributed by atoms with E-state index in [0.29, 0.717) is 35.2 Å². The van der Waals surface area contributed by atoms with E-state index in [9.17, 15) is 15.1 Å². The molecule has 0 spiro atoms. The number of fused-ring (bicyclic) bond motifs is 1. The molecular formula is C20H24N4O3. The quantitative estimate of drug-likeness (QED) is 0.492. The highest BCUT2D eigenvalue weighted by Crippen LogP contribution is 2.46. The molecule has 2 heterocycles. The van der Waals surface area contributed by atoms with Crippen molar-refractivity contribution in [2.45, 2.75) is 53.6 Å². The molecule has 27 heavy (non-hydrogen) atoms. The van der Waals surface area contributed by atoms with Gasteiger partial charge in [0.1, 0.15) is 17.2 Å². The van der Waals surface area contributed by atoms with Crippen LogP contribution in [0.4, 0.5) is 11.5 Å². The number of aliphatic hydroxyl groups is 1. The molecule has 3 rings (SSSR count). The zero-order chi connectivity index (χ0) is 20.1. The maximum absolute atomic E-state index is 13.2. The van der Waals surface area contributed by atoms with Crippen LogP contribution in [-0.2, 0) is 10.4 Å². The van der Waals surface area contributed by atoms with Gasteiger partial charge in [-0.25, -0.2) is 9.97 Å². The van der Waals surface area contributed by atoms with Crippen molar-refractivity contribution in [1.82, 2.24) is 9.97 Å². The molecule has 1 aliphatic heterocycles. The van der Waals surface area contributed by atoms with Crippen LogP contribution in [0.3, 0.4) is 0 Å². The minimum atomic E-state index is -1.83. The molecule has 0 fully saturated rings. The fraction of sp³-hybridized carbons (Fsp3) is 0.400. The van der Waals surface area contributed by atoms with E-state index in [4.69, 9.17) is 0 Å². The molecule has 0 bridgehead atoms. The van der Waals surface area contributed by atoms with Crippen LogP contribution in [0.5, 0.6) is 0 Å². The molecule has 7 nitrogen and oxygen atoms in total. The highest BCUT2D eigenvalue weighted by molar-refractivity contribution is 6.14. The smallest absolute Gasteiger partial charge is 0.269 e. The summed E-state index contributed by atoms with van der Waals surface area (Å²) in [4.78, 5) is 23.5. The molecule has 1 amide bonds. The second-order valence-corrected chi connectivity index (χ2v) is 7.18. The lowest BCUT2D eigenvalue weighted by Gasteiger charge is -2.23. The van der Waals surface area contributed by atoms with Gasteiger partial charge in [-0.05, 0) is 52.2 Å². The van der Waals surface area contributed by atoms with Gasteiger partial charge < -0.3 is 10.3 Å². The minimum absolute atomic E-state index is 0.270. The summed E-state index contributed by atoms with van der Waals surface area (Å²) in [6, 6.07) is 3.98. The third kappa shape index (κ3) is 2.78. The summed E-state index contributed by atoms with van der Waals surface area (Å²) in [6.07, 6.45) is 0.395. The number of benzene rings is 1. The minimum Gasteiger partial charge on any atom is -0.411 e. The van der Waals surface area contributed by atoms with Crippen LogP contribution in [0.2, 0.25) is 0 Å². The summed E-state index contributed by atoms with van der Waals surface area (Å²) in [5, 5.41) is 23.8. The first-order valence-corrected chi connectivity index (χ1v) is 8.88. The van der Waals surface area contributed by atoms with E-state index in [2.05, 4.69) is 15.1 Å². The Morgan fingerprint density at radius 2 is 1.78 bits per heavy atom. The molecule has 0 saturated heterocycles. The molecule has 2 aromatic rings. The van der Waals surface area contributed by atoms with E-state index in [1.165, 1.54) is 11.8 Å². The molecule has 0 saturated carbocycles. The van der Waals surface area contributed by atoms with Gasteiger partial charge in [-0.3, -0.25) is 9.69 Å². The Kier molecular flexibility index (Phi) is 4.51. The largest absolute Gasteiger partial charge is 0.411 e. The third-order valence-corrected chi connectivity index (χ3v) is 4.91. The topological polar surface area (TPSA) is 98.9 Å². The molecule has 1 atom stereocenters. The Bertz CT molecular complexity index is 956. The summed E-state index contributed by atoms with van der Waals surface area (Å²) in [5.74, 6) is 0.260. The van der Waals surface area contributed by atoms with Crippen LogP contribution in [0, 0.1) is 27.7 Å². The van der Waals surface area contributed by atoms with Gasteiger partial charge in [0.2, 0.25) is 0 Å². The van der Waals surface area contributed by atoms with Gasteiger partial charge in [0.25, 0.3) is 5.91 Å². The number of carbonyl (C=O) groups is 1. The second-order valence-electron chi connectivity index (χ2n) is 7.18. The molecule has 2 N–H and O–H groups in total. The fourth-order valence-corrected chi connectivity index (χ4v) is 3.82. The van der Waals surface area contributed by atoms with E-state index in [-0.39, 0.29) is 5.56 Å². The molecule has 7 heteroatoms. The van der Waals surface area contributed by atoms with Gasteiger partial charge >= 0.3 is 0 Å². The molecule has 1 aliphatic rings. The third-order valence-electron chi connectivity index (χ3n) is 4.91. The van der Waals surface area contributed by atoms with Gasteiger partial charge in [0.15, 0.2) is 11.4 Å². The number of aromatic nitrogens is 2. The van der Waals surface area contributed by atoms with Crippen molar-refractivity contribution in [1.29, 1.82) is 0 Å². The van der Waals surface area contributed by atoms with Gasteiger partial charge in [-0.2, -0.15) is 0 Å². The average molecular weight is 368 g/mol. The summed E-state index contributed by atoms with van der Waals surface area (Å²) in [6.45, 7) is 10.8. The Hall–Kier alpha value is -2.80. The number of anilines is 2. The number of carbonyl (C=O) groups excluding carboxylic acids is 1. The molecular weight excluding hydrogens is 344 g/mol. The maximum Gasteiger partial charge on any atom is 0.269 e. The predicted molar refractivity (Wildman–Crippen MR) is 103 cm³/mol. The molecule has 0 aliphatic carbocycles. The van der Waals surface area contributed by atoms with Crippen LogP contribution in [0.25, 0.3) is 0 Å². The van der Waals surface area contributed by atoms with Crippen molar-refractivity contribution in [3.05, 3.63) is 45.9 Å². The highest BCUT2D eigenvalue weighted by atomic mass is 16.4. The predicted octanol–water partition coefficient (Wildman–Crippen LogP) is 3.18. The van der Waals surface area contributed by atoms with E-state index in [0.717, 1.165) is 16.7 Å². The number of hydrogen-bond donors (Lipinski definition) is 2. The van der Waals surface area contributed by atoms with Crippen LogP contribution >= 0.6 is 0 Å². The second kappa shape index (κ2) is 6.42. The van der Waals surface area contributed by atoms with Crippen LogP contribution in [0.1, 0.15) is 54.0 Å². The van der Waals surface area contributed by atoms with Crippen molar-refractivity contribution in [2.75, 3.05) is 4.90 Å². The van der Waals surface area contributed by atoms with Crippen molar-refractivity contribution in [3.63, 3.8) is 0 Å². The van der Waals surface area contributed by atoms with Gasteiger partial charge in [0.05, 0.1) is 11.3 Å². The number of oxime groups is 1. The van der Waals surface area contributed by atoms with Crippen LogP contribution in [-0.4, -0.2) is 31.9 Å². The zero-order valence-corrected chi connectivity index (χ0v) is 16.5. The van der Waals surface area contributed by atoms with E-state index < -0.39 is 11.5 Å². The highest BCUT2D eigenvalue weighted by Gasteiger charge is 2.51. The zero-order valence-electron chi connectivity index (χ0n) is 16.5. The van der Waals surface area contributed by atoms with Crippen molar-refractivity contribution >= 4 is 23.1 Å². The Balaban J connectivity index is 2.38. The van der Waals surface area contributed by atoms with E-state index in [1.807, 2.05) is 39.8 Å². The fourth-order valence-electron chi connectivity index (χ4n) is 3.82. The number of hydrogen-bond acceptors (Lipinski definition) is 6. The van der Waals surface area contributed by atoms with E-state index in [1.54, 1.807) is 6.92 Å². The van der Waals surface area contributed by atoms with Gasteiger partial charge in [-0.15, -0.1) is 0 Å². The normalized spacial score (nSPS) is 19.6. The Morgan fingerprint density at radius 3 is 2.30 bits per heavy atom. The van der Waals surface area contributed by atoms with E-state index >= 15 is 0 Å². The van der Waals surface area contributed by atoms with Crippen molar-refractivity contribution in [3.8, 4) is 0 Å². The molecule has 1 unspecified atom stereocenters. The summed E-state index contributed by atoms with van der Waals surface area (Å²) >= 11 is 0. The SMILES string of the molecule is CCC(=NO)c1nc(C)nc2c1C(C)(O)C(=O)N2c1c(C)cc(C)cc1C. The van der Waals surface area contributed by atoms with Crippen LogP contribution in [0.15, 0.2) is 17.3 Å². The number of aryl methyl sites for hydroxylation is 4. The Labute approximate surface area is 158 Å². The van der Waals surface area contributed by atoms with Gasteiger partial charge in [0, 0.05) is 0 Å². The van der Waals surface area contributed by atoms with Crippen molar-refractivity contribution in [2.24, 2.45) is 5.16 Å². The Morgan fingerprint density at radius 1 is 1.19 bits per heavy atom. The lowest BCUT2D eigenvalue weighted by Crippen LogP contribution is -2.36. The van der Waals surface area contributed by atoms with Gasteiger partial charge in [-0.1, -0.05) is 29.8 Å². The van der Waals surface area contributed by atoms with Crippen LogP contribution < -0.4 is 4.90 Å². The lowest BCUT2D eigenvalue weighted by molar-refractivity contribution is -0.133. The maximum atomic E-state index is 13.2. The standard InChI is InChI=1S/C20H24N4O3/c1-7-14(23-27)16-15-18(22-13(5)21-16)24(19(25)20(15,6)26)17-11(3)8-10(2)9-12(17)4/h8-9,26-27H,7H2,1-6H3. The first kappa shape index (κ1) is 19.0. The number of amides is 1. The van der Waals surface area contributed by atoms with Crippen molar-refractivity contribution < 1.29 is 15.1 Å². The number of rotatable bonds is 3. The molecule has 1 aromatic carbocycles. The molecule has 0 radical (unpaired) electrons. The average Bonchev–Trinajstić information content (AvgIpc) is 2.75. The first-order chi connectivity index (χ1) is 12.6.